The number of hydrogen-bond donors (Lipinski definition) is 0. The van der Waals surface area contributed by atoms with Crippen LogP contribution in [0.2, 0.25) is 0 Å². The van der Waals surface area contributed by atoms with Crippen LogP contribution in [0.3, 0.4) is 0 Å². The van der Waals surface area contributed by atoms with E-state index in [0.29, 0.717) is 17.1 Å². The van der Waals surface area contributed by atoms with Crippen molar-refractivity contribution in [2.45, 2.75) is 11.6 Å². The lowest BCUT2D eigenvalue weighted by molar-refractivity contribution is -0.116. The Kier molecular flexibility index (Phi) is 6.12. The number of thioether (sulfide) groups is 1. The van der Waals surface area contributed by atoms with Crippen molar-refractivity contribution in [2.24, 2.45) is 0 Å². The van der Waals surface area contributed by atoms with E-state index in [1.54, 1.807) is 24.5 Å². The second kappa shape index (κ2) is 8.91. The zero-order valence-corrected chi connectivity index (χ0v) is 14.9. The van der Waals surface area contributed by atoms with E-state index in [9.17, 15) is 9.18 Å². The van der Waals surface area contributed by atoms with Gasteiger partial charge < -0.3 is 9.32 Å². The molecule has 0 unspecified atom stereocenters. The Morgan fingerprint density at radius 2 is 2.07 bits per heavy atom. The van der Waals surface area contributed by atoms with Crippen molar-refractivity contribution >= 4 is 23.4 Å². The minimum atomic E-state index is -0.394. The summed E-state index contributed by atoms with van der Waals surface area (Å²) in [4.78, 5) is 18.0. The summed E-state index contributed by atoms with van der Waals surface area (Å²) in [6.07, 6.45) is 3.41. The molecule has 2 heterocycles. The highest BCUT2D eigenvalue weighted by atomic mass is 32.2. The van der Waals surface area contributed by atoms with Crippen LogP contribution in [-0.4, -0.2) is 33.4 Å². The van der Waals surface area contributed by atoms with E-state index in [-0.39, 0.29) is 29.8 Å². The van der Waals surface area contributed by atoms with Gasteiger partial charge in [0.25, 0.3) is 5.22 Å². The van der Waals surface area contributed by atoms with Gasteiger partial charge in [0.1, 0.15) is 5.82 Å². The third-order valence-electron chi connectivity index (χ3n) is 3.52. The molecule has 0 atom stereocenters. The molecule has 9 heteroatoms. The molecule has 7 nitrogen and oxygen atoms in total. The molecule has 0 fully saturated rings. The summed E-state index contributed by atoms with van der Waals surface area (Å²) in [5.41, 5.74) is 1.21. The van der Waals surface area contributed by atoms with Gasteiger partial charge in [-0.2, -0.15) is 5.26 Å². The quantitative estimate of drug-likeness (QED) is 0.578. The maximum absolute atomic E-state index is 13.1. The Morgan fingerprint density at radius 3 is 2.78 bits per heavy atom. The summed E-state index contributed by atoms with van der Waals surface area (Å²) in [5, 5.41) is 16.9. The van der Waals surface area contributed by atoms with Gasteiger partial charge in [-0.05, 0) is 36.4 Å². The molecule has 0 aliphatic rings. The van der Waals surface area contributed by atoms with Crippen LogP contribution in [0.5, 0.6) is 0 Å². The van der Waals surface area contributed by atoms with Crippen molar-refractivity contribution in [1.82, 2.24) is 15.2 Å². The molecule has 0 radical (unpaired) electrons. The fourth-order valence-electron chi connectivity index (χ4n) is 2.26. The average molecular weight is 383 g/mol. The van der Waals surface area contributed by atoms with Crippen molar-refractivity contribution in [2.75, 3.05) is 17.2 Å². The first-order valence-electron chi connectivity index (χ1n) is 7.97. The molecule has 0 saturated carbocycles. The highest BCUT2D eigenvalue weighted by Gasteiger charge is 2.18. The molecule has 3 aromatic rings. The molecule has 27 heavy (non-hydrogen) atoms. The highest BCUT2D eigenvalue weighted by molar-refractivity contribution is 7.99. The van der Waals surface area contributed by atoms with Crippen molar-refractivity contribution in [3.8, 4) is 17.5 Å². The lowest BCUT2D eigenvalue weighted by atomic mass is 10.2. The summed E-state index contributed by atoms with van der Waals surface area (Å²) in [6, 6.07) is 11.1. The summed E-state index contributed by atoms with van der Waals surface area (Å²) in [5.74, 6) is -0.284. The second-order valence-corrected chi connectivity index (χ2v) is 6.26. The Balaban J connectivity index is 1.66. The molecule has 3 rings (SSSR count). The standard InChI is InChI=1S/C18H14FN5O2S/c19-14-4-6-15(7-5-14)24(10-2-8-20)16(25)12-27-18-23-22-17(26-18)13-3-1-9-21-11-13/h1,3-7,9,11H,2,10,12H2. The van der Waals surface area contributed by atoms with Crippen LogP contribution in [0.15, 0.2) is 58.4 Å². The lowest BCUT2D eigenvalue weighted by Gasteiger charge is -2.21. The minimum absolute atomic E-state index is 0.0392. The first kappa shape index (κ1) is 18.5. The third kappa shape index (κ3) is 4.89. The van der Waals surface area contributed by atoms with E-state index in [1.165, 1.54) is 29.2 Å². The molecule has 1 aromatic carbocycles. The van der Waals surface area contributed by atoms with Gasteiger partial charge in [-0.25, -0.2) is 4.39 Å². The van der Waals surface area contributed by atoms with Crippen LogP contribution < -0.4 is 4.90 Å². The van der Waals surface area contributed by atoms with Crippen LogP contribution in [0, 0.1) is 17.1 Å². The smallest absolute Gasteiger partial charge is 0.277 e. The number of amides is 1. The largest absolute Gasteiger partial charge is 0.411 e. The number of pyridine rings is 1. The van der Waals surface area contributed by atoms with Crippen molar-refractivity contribution in [1.29, 1.82) is 5.26 Å². The fourth-order valence-corrected chi connectivity index (χ4v) is 2.90. The number of anilines is 1. The van der Waals surface area contributed by atoms with Gasteiger partial charge in [-0.1, -0.05) is 11.8 Å². The van der Waals surface area contributed by atoms with E-state index in [0.717, 1.165) is 11.8 Å². The van der Waals surface area contributed by atoms with Gasteiger partial charge in [0.2, 0.25) is 11.8 Å². The van der Waals surface area contributed by atoms with Gasteiger partial charge in [-0.15, -0.1) is 10.2 Å². The summed E-state index contributed by atoms with van der Waals surface area (Å²) >= 11 is 1.09. The third-order valence-corrected chi connectivity index (χ3v) is 4.32. The second-order valence-electron chi connectivity index (χ2n) is 5.33. The normalized spacial score (nSPS) is 10.4. The van der Waals surface area contributed by atoms with E-state index in [2.05, 4.69) is 15.2 Å². The number of halogens is 1. The van der Waals surface area contributed by atoms with Crippen LogP contribution >= 0.6 is 11.8 Å². The molecule has 0 saturated heterocycles. The molecule has 0 bridgehead atoms. The molecule has 0 spiro atoms. The Morgan fingerprint density at radius 1 is 1.26 bits per heavy atom. The molecule has 0 N–H and O–H groups in total. The van der Waals surface area contributed by atoms with Crippen molar-refractivity contribution in [3.63, 3.8) is 0 Å². The van der Waals surface area contributed by atoms with Crippen molar-refractivity contribution < 1.29 is 13.6 Å². The fraction of sp³-hybridized carbons (Fsp3) is 0.167. The van der Waals surface area contributed by atoms with Gasteiger partial charge in [0, 0.05) is 24.6 Å². The van der Waals surface area contributed by atoms with Crippen LogP contribution in [-0.2, 0) is 4.79 Å². The molecular weight excluding hydrogens is 369 g/mol. The molecule has 1 amide bonds. The number of carbonyl (C=O) groups is 1. The number of hydrogen-bond acceptors (Lipinski definition) is 7. The molecule has 0 aliphatic heterocycles. The SMILES string of the molecule is N#CCCN(C(=O)CSc1nnc(-c2cccnc2)o1)c1ccc(F)cc1. The monoisotopic (exact) mass is 383 g/mol. The summed E-state index contributed by atoms with van der Waals surface area (Å²) in [7, 11) is 0. The van der Waals surface area contributed by atoms with E-state index < -0.39 is 5.82 Å². The van der Waals surface area contributed by atoms with Gasteiger partial charge in [0.15, 0.2) is 0 Å². The molecule has 0 aliphatic carbocycles. The molecule has 2 aromatic heterocycles. The minimum Gasteiger partial charge on any atom is -0.411 e. The zero-order chi connectivity index (χ0) is 19.1. The first-order chi connectivity index (χ1) is 13.2. The van der Waals surface area contributed by atoms with E-state index >= 15 is 0 Å². The summed E-state index contributed by atoms with van der Waals surface area (Å²) in [6.45, 7) is 0.215. The Hall–Kier alpha value is -3.25. The number of aromatic nitrogens is 3. The number of benzene rings is 1. The van der Waals surface area contributed by atoms with E-state index in [1.807, 2.05) is 6.07 Å². The Labute approximate surface area is 158 Å². The highest BCUT2D eigenvalue weighted by Crippen LogP contribution is 2.24. The van der Waals surface area contributed by atoms with Crippen LogP contribution in [0.25, 0.3) is 11.5 Å². The Bertz CT molecular complexity index is 940. The number of rotatable bonds is 7. The van der Waals surface area contributed by atoms with Gasteiger partial charge in [-0.3, -0.25) is 9.78 Å². The van der Waals surface area contributed by atoms with Crippen LogP contribution in [0.4, 0.5) is 10.1 Å². The molecule has 136 valence electrons. The van der Waals surface area contributed by atoms with Gasteiger partial charge >= 0.3 is 0 Å². The molecular formula is C18H14FN5O2S. The average Bonchev–Trinajstić information content (AvgIpc) is 3.18. The topological polar surface area (TPSA) is 95.9 Å². The summed E-state index contributed by atoms with van der Waals surface area (Å²) < 4.78 is 18.7. The zero-order valence-electron chi connectivity index (χ0n) is 14.1. The number of nitriles is 1. The van der Waals surface area contributed by atoms with Crippen LogP contribution in [0.1, 0.15) is 6.42 Å². The number of carbonyl (C=O) groups excluding carboxylic acids is 1. The van der Waals surface area contributed by atoms with Crippen molar-refractivity contribution in [3.05, 3.63) is 54.6 Å². The first-order valence-corrected chi connectivity index (χ1v) is 8.95. The predicted octanol–water partition coefficient (Wildman–Crippen LogP) is 3.31. The maximum atomic E-state index is 13.1. The number of nitrogens with zero attached hydrogens (tertiary/aromatic N) is 5. The van der Waals surface area contributed by atoms with E-state index in [4.69, 9.17) is 9.68 Å². The predicted molar refractivity (Wildman–Crippen MR) is 97.2 cm³/mol. The maximum Gasteiger partial charge on any atom is 0.277 e. The lowest BCUT2D eigenvalue weighted by Crippen LogP contribution is -2.33. The van der Waals surface area contributed by atoms with Gasteiger partial charge in [0.05, 0.1) is 23.8 Å².